The van der Waals surface area contributed by atoms with Crippen molar-refractivity contribution in [3.8, 4) is 0 Å². The fourth-order valence-corrected chi connectivity index (χ4v) is 3.25. The van der Waals surface area contributed by atoms with Gasteiger partial charge in [0.25, 0.3) is 0 Å². The van der Waals surface area contributed by atoms with Crippen LogP contribution in [-0.2, 0) is 11.2 Å². The number of halogens is 1. The van der Waals surface area contributed by atoms with E-state index in [9.17, 15) is 4.79 Å². The molecule has 0 atom stereocenters. The lowest BCUT2D eigenvalue weighted by Gasteiger charge is -2.34. The molecule has 1 aliphatic rings. The van der Waals surface area contributed by atoms with Gasteiger partial charge in [-0.05, 0) is 30.9 Å². The number of hydrogen-bond donors (Lipinski definition) is 0. The molecule has 0 bridgehead atoms. The highest BCUT2D eigenvalue weighted by Gasteiger charge is 2.25. The molecule has 3 heteroatoms. The van der Waals surface area contributed by atoms with Gasteiger partial charge in [0.2, 0.25) is 5.91 Å². The van der Waals surface area contributed by atoms with Crippen molar-refractivity contribution in [2.24, 2.45) is 0 Å². The molecule has 0 saturated heterocycles. The Labute approximate surface area is 127 Å². The van der Waals surface area contributed by atoms with Crippen molar-refractivity contribution in [3.05, 3.63) is 35.4 Å². The Morgan fingerprint density at radius 1 is 1.25 bits per heavy atom. The Bertz CT molecular complexity index is 440. The van der Waals surface area contributed by atoms with Gasteiger partial charge in [-0.25, -0.2) is 0 Å². The van der Waals surface area contributed by atoms with Gasteiger partial charge in [0.1, 0.15) is 0 Å². The lowest BCUT2D eigenvalue weighted by atomic mass is 9.93. The minimum absolute atomic E-state index is 0.229. The maximum absolute atomic E-state index is 12.6. The molecule has 1 amide bonds. The van der Waals surface area contributed by atoms with E-state index in [1.54, 1.807) is 0 Å². The number of carbonyl (C=O) groups is 1. The predicted octanol–water partition coefficient (Wildman–Crippen LogP) is 3.94. The molecule has 2 nitrogen and oxygen atoms in total. The van der Waals surface area contributed by atoms with Crippen LogP contribution in [0.2, 0.25) is 0 Å². The molecule has 0 aliphatic heterocycles. The molecule has 1 aliphatic carbocycles. The van der Waals surface area contributed by atoms with E-state index in [4.69, 9.17) is 11.6 Å². The summed E-state index contributed by atoms with van der Waals surface area (Å²) in [6.07, 6.45) is 6.55. The fourth-order valence-electron chi connectivity index (χ4n) is 3.07. The summed E-state index contributed by atoms with van der Waals surface area (Å²) in [6.45, 7) is 2.74. The second-order valence-corrected chi connectivity index (χ2v) is 6.05. The molecule has 1 saturated carbocycles. The van der Waals surface area contributed by atoms with Crippen molar-refractivity contribution < 1.29 is 4.79 Å². The van der Waals surface area contributed by atoms with Crippen LogP contribution in [0.15, 0.2) is 24.3 Å². The van der Waals surface area contributed by atoms with E-state index < -0.39 is 0 Å². The summed E-state index contributed by atoms with van der Waals surface area (Å²) in [5.41, 5.74) is 2.32. The molecule has 0 heterocycles. The zero-order chi connectivity index (χ0) is 14.4. The largest absolute Gasteiger partial charge is 0.338 e. The van der Waals surface area contributed by atoms with Crippen LogP contribution in [0.1, 0.15) is 43.2 Å². The van der Waals surface area contributed by atoms with Crippen molar-refractivity contribution in [3.63, 3.8) is 0 Å². The molecule has 0 unspecified atom stereocenters. The average molecular weight is 294 g/mol. The molecule has 1 aromatic rings. The van der Waals surface area contributed by atoms with Gasteiger partial charge in [0, 0.05) is 18.5 Å². The van der Waals surface area contributed by atoms with Gasteiger partial charge in [0.15, 0.2) is 0 Å². The summed E-state index contributed by atoms with van der Waals surface area (Å²) in [4.78, 5) is 14.6. The van der Waals surface area contributed by atoms with Gasteiger partial charge >= 0.3 is 0 Å². The first-order chi connectivity index (χ1) is 9.72. The highest BCUT2D eigenvalue weighted by atomic mass is 35.5. The monoisotopic (exact) mass is 293 g/mol. The number of carbonyl (C=O) groups excluding carboxylic acids is 1. The first kappa shape index (κ1) is 15.4. The van der Waals surface area contributed by atoms with Gasteiger partial charge in [-0.3, -0.25) is 4.79 Å². The molecule has 0 spiro atoms. The fraction of sp³-hybridized carbons (Fsp3) is 0.588. The second kappa shape index (κ2) is 7.68. The third kappa shape index (κ3) is 3.99. The van der Waals surface area contributed by atoms with Crippen molar-refractivity contribution in [2.75, 3.05) is 12.4 Å². The lowest BCUT2D eigenvalue weighted by molar-refractivity contribution is -0.133. The van der Waals surface area contributed by atoms with Crippen LogP contribution in [0.5, 0.6) is 0 Å². The molecular formula is C17H24ClNO. The summed E-state index contributed by atoms with van der Waals surface area (Å²) in [6, 6.07) is 8.53. The summed E-state index contributed by atoms with van der Waals surface area (Å²) in [7, 11) is 0. The lowest BCUT2D eigenvalue weighted by Crippen LogP contribution is -2.43. The average Bonchev–Trinajstić information content (AvgIpc) is 2.48. The predicted molar refractivity (Wildman–Crippen MR) is 84.2 cm³/mol. The first-order valence-electron chi connectivity index (χ1n) is 7.62. The minimum Gasteiger partial charge on any atom is -0.338 e. The van der Waals surface area contributed by atoms with E-state index in [-0.39, 0.29) is 5.91 Å². The zero-order valence-corrected chi connectivity index (χ0v) is 13.0. The molecule has 2 rings (SSSR count). The van der Waals surface area contributed by atoms with E-state index >= 15 is 0 Å². The van der Waals surface area contributed by atoms with Crippen molar-refractivity contribution in [2.45, 2.75) is 51.5 Å². The van der Waals surface area contributed by atoms with E-state index in [1.807, 2.05) is 23.1 Å². The quantitative estimate of drug-likeness (QED) is 0.753. The van der Waals surface area contributed by atoms with Crippen LogP contribution in [0, 0.1) is 6.92 Å². The van der Waals surface area contributed by atoms with Gasteiger partial charge in [0.05, 0.1) is 6.42 Å². The minimum atomic E-state index is 0.229. The van der Waals surface area contributed by atoms with Crippen LogP contribution >= 0.6 is 11.6 Å². The number of alkyl halides is 1. The highest BCUT2D eigenvalue weighted by Crippen LogP contribution is 2.23. The Kier molecular flexibility index (Phi) is 5.90. The van der Waals surface area contributed by atoms with Crippen LogP contribution < -0.4 is 0 Å². The van der Waals surface area contributed by atoms with Gasteiger partial charge < -0.3 is 4.90 Å². The smallest absolute Gasteiger partial charge is 0.227 e. The second-order valence-electron chi connectivity index (χ2n) is 5.67. The third-order valence-electron chi connectivity index (χ3n) is 4.26. The number of aryl methyl sites for hydroxylation is 1. The van der Waals surface area contributed by atoms with Crippen molar-refractivity contribution in [1.29, 1.82) is 0 Å². The van der Waals surface area contributed by atoms with E-state index in [0.717, 1.165) is 18.4 Å². The number of amides is 1. The molecular weight excluding hydrogens is 270 g/mol. The van der Waals surface area contributed by atoms with E-state index in [0.29, 0.717) is 24.9 Å². The van der Waals surface area contributed by atoms with E-state index in [2.05, 4.69) is 13.0 Å². The highest BCUT2D eigenvalue weighted by molar-refractivity contribution is 6.18. The summed E-state index contributed by atoms with van der Waals surface area (Å²) in [5.74, 6) is 0.752. The number of rotatable bonds is 5. The molecule has 0 radical (unpaired) electrons. The first-order valence-corrected chi connectivity index (χ1v) is 8.15. The zero-order valence-electron chi connectivity index (χ0n) is 12.3. The SMILES string of the molecule is Cc1ccccc1CC(=O)N(CCCl)C1CCCCC1. The molecule has 20 heavy (non-hydrogen) atoms. The van der Waals surface area contributed by atoms with E-state index in [1.165, 1.54) is 24.8 Å². The van der Waals surface area contributed by atoms with Gasteiger partial charge in [-0.15, -0.1) is 11.6 Å². The topological polar surface area (TPSA) is 20.3 Å². The van der Waals surface area contributed by atoms with Crippen LogP contribution in [0.3, 0.4) is 0 Å². The van der Waals surface area contributed by atoms with Crippen LogP contribution in [0.4, 0.5) is 0 Å². The van der Waals surface area contributed by atoms with Crippen molar-refractivity contribution in [1.82, 2.24) is 4.90 Å². The normalized spacial score (nSPS) is 16.1. The molecule has 0 N–H and O–H groups in total. The third-order valence-corrected chi connectivity index (χ3v) is 4.43. The number of hydrogen-bond acceptors (Lipinski definition) is 1. The Morgan fingerprint density at radius 2 is 1.95 bits per heavy atom. The molecule has 0 aromatic heterocycles. The van der Waals surface area contributed by atoms with Gasteiger partial charge in [-0.1, -0.05) is 43.5 Å². The molecule has 1 aromatic carbocycles. The Morgan fingerprint density at radius 3 is 2.60 bits per heavy atom. The maximum Gasteiger partial charge on any atom is 0.227 e. The summed E-state index contributed by atoms with van der Waals surface area (Å²) >= 11 is 5.90. The standard InChI is InChI=1S/C17H24ClNO/c1-14-7-5-6-8-15(14)13-17(20)19(12-11-18)16-9-3-2-4-10-16/h5-8,16H,2-4,9-13H2,1H3. The number of nitrogens with zero attached hydrogens (tertiary/aromatic N) is 1. The summed E-state index contributed by atoms with van der Waals surface area (Å²) in [5, 5.41) is 0. The van der Waals surface area contributed by atoms with Crippen LogP contribution in [-0.4, -0.2) is 29.3 Å². The molecule has 110 valence electrons. The van der Waals surface area contributed by atoms with Gasteiger partial charge in [-0.2, -0.15) is 0 Å². The maximum atomic E-state index is 12.6. The number of benzene rings is 1. The van der Waals surface area contributed by atoms with Crippen molar-refractivity contribution >= 4 is 17.5 Å². The molecule has 1 fully saturated rings. The summed E-state index contributed by atoms with van der Waals surface area (Å²) < 4.78 is 0. The Hall–Kier alpha value is -1.02. The Balaban J connectivity index is 2.04. The van der Waals surface area contributed by atoms with Crippen LogP contribution in [0.25, 0.3) is 0 Å².